The molecule has 0 unspecified atom stereocenters. The highest BCUT2D eigenvalue weighted by Crippen LogP contribution is 2.25. The van der Waals surface area contributed by atoms with E-state index < -0.39 is 0 Å². The van der Waals surface area contributed by atoms with E-state index in [1.165, 1.54) is 27.7 Å². The fourth-order valence-corrected chi connectivity index (χ4v) is 2.58. The zero-order valence-corrected chi connectivity index (χ0v) is 10.9. The molecule has 0 saturated carbocycles. The lowest BCUT2D eigenvalue weighted by Crippen LogP contribution is -1.94. The first-order chi connectivity index (χ1) is 8.81. The fourth-order valence-electron chi connectivity index (χ4n) is 2.58. The van der Waals surface area contributed by atoms with Gasteiger partial charge in [0.05, 0.1) is 5.52 Å². The molecule has 3 rings (SSSR count). The quantitative estimate of drug-likeness (QED) is 0.616. The molecular formula is C17H17N. The van der Waals surface area contributed by atoms with Crippen LogP contribution in [0.4, 0.5) is 0 Å². The van der Waals surface area contributed by atoms with Crippen molar-refractivity contribution < 1.29 is 0 Å². The zero-order chi connectivity index (χ0) is 12.5. The molecule has 0 aliphatic heterocycles. The van der Waals surface area contributed by atoms with Gasteiger partial charge in [0, 0.05) is 17.3 Å². The molecule has 0 amide bonds. The van der Waals surface area contributed by atoms with Gasteiger partial charge in [-0.2, -0.15) is 0 Å². The predicted octanol–water partition coefficient (Wildman–Crippen LogP) is 4.50. The van der Waals surface area contributed by atoms with E-state index in [0.29, 0.717) is 0 Å². The lowest BCUT2D eigenvalue weighted by molar-refractivity contribution is 1.10. The van der Waals surface area contributed by atoms with Gasteiger partial charge in [-0.15, -0.1) is 0 Å². The number of hydrogen-bond donors (Lipinski definition) is 0. The summed E-state index contributed by atoms with van der Waals surface area (Å²) >= 11 is 0. The second kappa shape index (κ2) is 4.34. The van der Waals surface area contributed by atoms with Gasteiger partial charge in [-0.1, -0.05) is 37.3 Å². The van der Waals surface area contributed by atoms with Crippen molar-refractivity contribution >= 4 is 10.9 Å². The van der Waals surface area contributed by atoms with Crippen molar-refractivity contribution in [2.75, 3.05) is 0 Å². The summed E-state index contributed by atoms with van der Waals surface area (Å²) in [6.45, 7) is 4.37. The Morgan fingerprint density at radius 2 is 1.78 bits per heavy atom. The summed E-state index contributed by atoms with van der Waals surface area (Å²) in [5, 5.41) is 1.36. The molecule has 0 N–H and O–H groups in total. The van der Waals surface area contributed by atoms with Crippen LogP contribution < -0.4 is 0 Å². The van der Waals surface area contributed by atoms with Crippen molar-refractivity contribution in [3.8, 4) is 5.69 Å². The Kier molecular flexibility index (Phi) is 2.67. The van der Waals surface area contributed by atoms with Gasteiger partial charge in [-0.3, -0.25) is 0 Å². The third-order valence-corrected chi connectivity index (χ3v) is 3.58. The SMILES string of the molecule is CCc1cccc2c1ccn2-c1ccccc1C. The second-order valence-corrected chi connectivity index (χ2v) is 4.68. The van der Waals surface area contributed by atoms with E-state index in [-0.39, 0.29) is 0 Å². The average Bonchev–Trinajstić information content (AvgIpc) is 2.83. The fraction of sp³-hybridized carbons (Fsp3) is 0.176. The summed E-state index contributed by atoms with van der Waals surface area (Å²) in [6, 6.07) is 17.3. The smallest absolute Gasteiger partial charge is 0.0531 e. The minimum Gasteiger partial charge on any atom is -0.316 e. The normalized spacial score (nSPS) is 11.0. The maximum atomic E-state index is 2.28. The molecule has 1 heterocycles. The minimum absolute atomic E-state index is 1.08. The summed E-state index contributed by atoms with van der Waals surface area (Å²) in [7, 11) is 0. The highest BCUT2D eigenvalue weighted by atomic mass is 15.0. The first kappa shape index (κ1) is 11.1. The van der Waals surface area contributed by atoms with Gasteiger partial charge in [0.2, 0.25) is 0 Å². The van der Waals surface area contributed by atoms with Gasteiger partial charge in [-0.25, -0.2) is 0 Å². The third kappa shape index (κ3) is 1.63. The molecule has 0 atom stereocenters. The van der Waals surface area contributed by atoms with E-state index in [2.05, 4.69) is 73.1 Å². The third-order valence-electron chi connectivity index (χ3n) is 3.58. The van der Waals surface area contributed by atoms with Crippen LogP contribution in [0.15, 0.2) is 54.7 Å². The van der Waals surface area contributed by atoms with Crippen LogP contribution in [0.1, 0.15) is 18.1 Å². The Labute approximate surface area is 108 Å². The molecule has 0 aliphatic carbocycles. The van der Waals surface area contributed by atoms with Crippen LogP contribution >= 0.6 is 0 Å². The van der Waals surface area contributed by atoms with Crippen LogP contribution in [0.3, 0.4) is 0 Å². The molecule has 90 valence electrons. The molecule has 3 aromatic rings. The largest absolute Gasteiger partial charge is 0.316 e. The number of nitrogens with zero attached hydrogens (tertiary/aromatic N) is 1. The van der Waals surface area contributed by atoms with Crippen molar-refractivity contribution in [1.29, 1.82) is 0 Å². The average molecular weight is 235 g/mol. The standard InChI is InChI=1S/C17H17N/c1-3-14-8-6-10-17-15(14)11-12-18(17)16-9-5-4-7-13(16)2/h4-12H,3H2,1-2H3. The molecule has 0 bridgehead atoms. The van der Waals surface area contributed by atoms with Crippen LogP contribution in [0.2, 0.25) is 0 Å². The van der Waals surface area contributed by atoms with Crippen LogP contribution in [0.5, 0.6) is 0 Å². The first-order valence-corrected chi connectivity index (χ1v) is 6.46. The van der Waals surface area contributed by atoms with E-state index in [0.717, 1.165) is 6.42 Å². The predicted molar refractivity (Wildman–Crippen MR) is 77.4 cm³/mol. The number of para-hydroxylation sites is 1. The molecule has 2 aromatic carbocycles. The Bertz CT molecular complexity index is 692. The van der Waals surface area contributed by atoms with Crippen molar-refractivity contribution in [3.05, 3.63) is 65.9 Å². The Balaban J connectivity index is 2.29. The maximum absolute atomic E-state index is 2.28. The van der Waals surface area contributed by atoms with Crippen LogP contribution in [0.25, 0.3) is 16.6 Å². The molecule has 0 fully saturated rings. The zero-order valence-electron chi connectivity index (χ0n) is 10.9. The van der Waals surface area contributed by atoms with Gasteiger partial charge in [0.25, 0.3) is 0 Å². The highest BCUT2D eigenvalue weighted by Gasteiger charge is 2.07. The lowest BCUT2D eigenvalue weighted by atomic mass is 10.1. The molecule has 1 nitrogen and oxygen atoms in total. The maximum Gasteiger partial charge on any atom is 0.0531 e. The number of hydrogen-bond acceptors (Lipinski definition) is 0. The van der Waals surface area contributed by atoms with Crippen molar-refractivity contribution in [2.45, 2.75) is 20.3 Å². The summed E-state index contributed by atoms with van der Waals surface area (Å²) in [5.74, 6) is 0. The van der Waals surface area contributed by atoms with Gasteiger partial charge >= 0.3 is 0 Å². The van der Waals surface area contributed by atoms with Gasteiger partial charge in [-0.05, 0) is 42.7 Å². The number of aryl methyl sites for hydroxylation is 2. The van der Waals surface area contributed by atoms with E-state index in [1.807, 2.05) is 0 Å². The summed E-state index contributed by atoms with van der Waals surface area (Å²) in [5.41, 5.74) is 5.28. The van der Waals surface area contributed by atoms with E-state index >= 15 is 0 Å². The summed E-state index contributed by atoms with van der Waals surface area (Å²) in [6.07, 6.45) is 3.25. The topological polar surface area (TPSA) is 4.93 Å². The Hall–Kier alpha value is -2.02. The minimum atomic E-state index is 1.08. The monoisotopic (exact) mass is 235 g/mol. The number of rotatable bonds is 2. The van der Waals surface area contributed by atoms with Crippen molar-refractivity contribution in [2.24, 2.45) is 0 Å². The Morgan fingerprint density at radius 3 is 2.56 bits per heavy atom. The summed E-state index contributed by atoms with van der Waals surface area (Å²) < 4.78 is 2.28. The number of fused-ring (bicyclic) bond motifs is 1. The Morgan fingerprint density at radius 1 is 0.944 bits per heavy atom. The number of benzene rings is 2. The molecule has 0 spiro atoms. The van der Waals surface area contributed by atoms with Gasteiger partial charge in [0.15, 0.2) is 0 Å². The van der Waals surface area contributed by atoms with Crippen LogP contribution in [0, 0.1) is 6.92 Å². The first-order valence-electron chi connectivity index (χ1n) is 6.46. The van der Waals surface area contributed by atoms with Crippen molar-refractivity contribution in [3.63, 3.8) is 0 Å². The molecule has 0 radical (unpaired) electrons. The van der Waals surface area contributed by atoms with E-state index in [4.69, 9.17) is 0 Å². The van der Waals surface area contributed by atoms with E-state index in [9.17, 15) is 0 Å². The van der Waals surface area contributed by atoms with Crippen molar-refractivity contribution in [1.82, 2.24) is 4.57 Å². The molecule has 0 saturated heterocycles. The molecule has 18 heavy (non-hydrogen) atoms. The van der Waals surface area contributed by atoms with Crippen LogP contribution in [-0.4, -0.2) is 4.57 Å². The van der Waals surface area contributed by atoms with Crippen LogP contribution in [-0.2, 0) is 6.42 Å². The number of aromatic nitrogens is 1. The van der Waals surface area contributed by atoms with Gasteiger partial charge in [0.1, 0.15) is 0 Å². The van der Waals surface area contributed by atoms with E-state index in [1.54, 1.807) is 0 Å². The summed E-state index contributed by atoms with van der Waals surface area (Å²) in [4.78, 5) is 0. The molecular weight excluding hydrogens is 218 g/mol. The second-order valence-electron chi connectivity index (χ2n) is 4.68. The molecule has 0 aliphatic rings. The highest BCUT2D eigenvalue weighted by molar-refractivity contribution is 5.85. The molecule has 1 aromatic heterocycles. The van der Waals surface area contributed by atoms with Gasteiger partial charge < -0.3 is 4.57 Å². The lowest BCUT2D eigenvalue weighted by Gasteiger charge is -2.09. The molecule has 1 heteroatoms.